The third-order valence-electron chi connectivity index (χ3n) is 4.26. The van der Waals surface area contributed by atoms with Crippen LogP contribution in [0.3, 0.4) is 0 Å². The first-order valence-electron chi connectivity index (χ1n) is 8.10. The molecular weight excluding hydrogens is 254 g/mol. The van der Waals surface area contributed by atoms with Gasteiger partial charge in [-0.25, -0.2) is 0 Å². The van der Waals surface area contributed by atoms with E-state index in [1.54, 1.807) is 0 Å². The Kier molecular flexibility index (Phi) is 4.01. The topological polar surface area (TPSA) is 12.0 Å². The fourth-order valence-electron chi connectivity index (χ4n) is 3.18. The van der Waals surface area contributed by atoms with E-state index in [1.807, 2.05) is 0 Å². The minimum absolute atomic E-state index is 0.595. The molecule has 2 aromatic rings. The van der Waals surface area contributed by atoms with Gasteiger partial charge in [-0.2, -0.15) is 0 Å². The molecule has 1 heteroatoms. The molecule has 0 radical (unpaired) electrons. The lowest BCUT2D eigenvalue weighted by Gasteiger charge is -2.24. The van der Waals surface area contributed by atoms with Crippen molar-refractivity contribution in [3.8, 4) is 11.1 Å². The van der Waals surface area contributed by atoms with Crippen LogP contribution < -0.4 is 5.32 Å². The van der Waals surface area contributed by atoms with Gasteiger partial charge in [-0.15, -0.1) is 0 Å². The fraction of sp³-hybridized carbons (Fsp3) is 0.400. The molecule has 0 amide bonds. The number of nitrogens with one attached hydrogen (secondary N) is 1. The van der Waals surface area contributed by atoms with Gasteiger partial charge in [-0.1, -0.05) is 44.2 Å². The van der Waals surface area contributed by atoms with Crippen LogP contribution >= 0.6 is 0 Å². The van der Waals surface area contributed by atoms with Gasteiger partial charge in [0.05, 0.1) is 0 Å². The number of benzene rings is 2. The summed E-state index contributed by atoms with van der Waals surface area (Å²) in [4.78, 5) is 0. The molecule has 1 heterocycles. The number of aryl methyl sites for hydroxylation is 1. The van der Waals surface area contributed by atoms with Gasteiger partial charge in [0.25, 0.3) is 0 Å². The quantitative estimate of drug-likeness (QED) is 0.804. The van der Waals surface area contributed by atoms with Crippen molar-refractivity contribution in [1.29, 1.82) is 0 Å². The Morgan fingerprint density at radius 2 is 1.90 bits per heavy atom. The molecule has 1 N–H and O–H groups in total. The molecule has 1 aliphatic rings. The summed E-state index contributed by atoms with van der Waals surface area (Å²) in [5.41, 5.74) is 6.90. The lowest BCUT2D eigenvalue weighted by molar-refractivity contribution is 0.647. The lowest BCUT2D eigenvalue weighted by Crippen LogP contribution is -2.21. The monoisotopic (exact) mass is 279 g/mol. The van der Waals surface area contributed by atoms with Gasteiger partial charge >= 0.3 is 0 Å². The predicted molar refractivity (Wildman–Crippen MR) is 91.8 cm³/mol. The van der Waals surface area contributed by atoms with Gasteiger partial charge in [0.2, 0.25) is 0 Å². The van der Waals surface area contributed by atoms with Crippen LogP contribution in [0.2, 0.25) is 0 Å². The van der Waals surface area contributed by atoms with Gasteiger partial charge in [-0.05, 0) is 66.5 Å². The van der Waals surface area contributed by atoms with E-state index < -0.39 is 0 Å². The van der Waals surface area contributed by atoms with E-state index >= 15 is 0 Å². The van der Waals surface area contributed by atoms with Crippen molar-refractivity contribution >= 4 is 5.69 Å². The van der Waals surface area contributed by atoms with Gasteiger partial charge in [-0.3, -0.25) is 0 Å². The Morgan fingerprint density at radius 1 is 1.10 bits per heavy atom. The standard InChI is InChI=1S/C20H25N/c1-14(2)11-16-5-4-6-17(12-16)18-9-10-20-19(13-18)8-7-15(3)21-20/h4-6,9-10,12-15,21H,7-8,11H2,1-3H3. The highest BCUT2D eigenvalue weighted by Crippen LogP contribution is 2.30. The second-order valence-electron chi connectivity index (χ2n) is 6.75. The highest BCUT2D eigenvalue weighted by molar-refractivity contribution is 5.69. The summed E-state index contributed by atoms with van der Waals surface area (Å²) in [5.74, 6) is 0.703. The maximum absolute atomic E-state index is 3.58. The maximum atomic E-state index is 3.58. The number of anilines is 1. The summed E-state index contributed by atoms with van der Waals surface area (Å²) in [6, 6.07) is 16.5. The van der Waals surface area contributed by atoms with Crippen LogP contribution in [0.1, 0.15) is 38.3 Å². The van der Waals surface area contributed by atoms with Gasteiger partial charge in [0.1, 0.15) is 0 Å². The van der Waals surface area contributed by atoms with Gasteiger partial charge < -0.3 is 5.32 Å². The van der Waals surface area contributed by atoms with Crippen LogP contribution in [-0.2, 0) is 12.8 Å². The zero-order chi connectivity index (χ0) is 14.8. The van der Waals surface area contributed by atoms with Crippen LogP contribution in [-0.4, -0.2) is 6.04 Å². The van der Waals surface area contributed by atoms with Crippen molar-refractivity contribution in [3.63, 3.8) is 0 Å². The molecule has 21 heavy (non-hydrogen) atoms. The summed E-state index contributed by atoms with van der Waals surface area (Å²) in [6.45, 7) is 6.81. The lowest BCUT2D eigenvalue weighted by atomic mass is 9.93. The highest BCUT2D eigenvalue weighted by atomic mass is 14.9. The zero-order valence-electron chi connectivity index (χ0n) is 13.3. The number of rotatable bonds is 3. The minimum Gasteiger partial charge on any atom is -0.382 e. The number of fused-ring (bicyclic) bond motifs is 1. The highest BCUT2D eigenvalue weighted by Gasteiger charge is 2.14. The molecule has 3 rings (SSSR count). The second kappa shape index (κ2) is 5.93. The first kappa shape index (κ1) is 14.2. The largest absolute Gasteiger partial charge is 0.382 e. The van der Waals surface area contributed by atoms with Crippen LogP contribution in [0.15, 0.2) is 42.5 Å². The molecule has 0 saturated carbocycles. The third kappa shape index (κ3) is 3.29. The van der Waals surface area contributed by atoms with Crippen molar-refractivity contribution < 1.29 is 0 Å². The fourth-order valence-corrected chi connectivity index (χ4v) is 3.18. The molecular formula is C20H25N. The Morgan fingerprint density at radius 3 is 2.71 bits per heavy atom. The summed E-state index contributed by atoms with van der Waals surface area (Å²) in [6.07, 6.45) is 3.56. The number of hydrogen-bond donors (Lipinski definition) is 1. The van der Waals surface area contributed by atoms with Crippen molar-refractivity contribution in [1.82, 2.24) is 0 Å². The van der Waals surface area contributed by atoms with E-state index in [2.05, 4.69) is 68.6 Å². The molecule has 1 nitrogen and oxygen atoms in total. The van der Waals surface area contributed by atoms with E-state index in [0.717, 1.165) is 6.42 Å². The molecule has 1 aliphatic heterocycles. The van der Waals surface area contributed by atoms with Crippen LogP contribution in [0, 0.1) is 5.92 Å². The Hall–Kier alpha value is -1.76. The molecule has 1 unspecified atom stereocenters. The number of hydrogen-bond acceptors (Lipinski definition) is 1. The summed E-state index contributed by atoms with van der Waals surface area (Å²) < 4.78 is 0. The molecule has 0 fully saturated rings. The van der Waals surface area contributed by atoms with Crippen LogP contribution in [0.5, 0.6) is 0 Å². The third-order valence-corrected chi connectivity index (χ3v) is 4.26. The maximum Gasteiger partial charge on any atom is 0.0375 e. The average Bonchev–Trinajstić information content (AvgIpc) is 2.46. The summed E-state index contributed by atoms with van der Waals surface area (Å²) >= 11 is 0. The van der Waals surface area contributed by atoms with Gasteiger partial charge in [0.15, 0.2) is 0 Å². The minimum atomic E-state index is 0.595. The smallest absolute Gasteiger partial charge is 0.0375 e. The average molecular weight is 279 g/mol. The van der Waals surface area contributed by atoms with Crippen LogP contribution in [0.25, 0.3) is 11.1 Å². The first-order chi connectivity index (χ1) is 10.1. The summed E-state index contributed by atoms with van der Waals surface area (Å²) in [5, 5.41) is 3.58. The van der Waals surface area contributed by atoms with Crippen molar-refractivity contribution in [2.45, 2.75) is 46.1 Å². The molecule has 0 aliphatic carbocycles. The molecule has 0 saturated heterocycles. The molecule has 0 bridgehead atoms. The van der Waals surface area contributed by atoms with E-state index in [1.165, 1.54) is 40.8 Å². The van der Waals surface area contributed by atoms with Crippen molar-refractivity contribution in [3.05, 3.63) is 53.6 Å². The van der Waals surface area contributed by atoms with Crippen LogP contribution in [0.4, 0.5) is 5.69 Å². The van der Waals surface area contributed by atoms with E-state index in [-0.39, 0.29) is 0 Å². The molecule has 0 spiro atoms. The Balaban J connectivity index is 1.90. The predicted octanol–water partition coefficient (Wildman–Crippen LogP) is 5.30. The van der Waals surface area contributed by atoms with E-state index in [0.29, 0.717) is 12.0 Å². The second-order valence-corrected chi connectivity index (χ2v) is 6.75. The Labute approximate surface area is 128 Å². The van der Waals surface area contributed by atoms with Crippen molar-refractivity contribution in [2.75, 3.05) is 5.32 Å². The molecule has 0 aromatic heterocycles. The van der Waals surface area contributed by atoms with Gasteiger partial charge in [0, 0.05) is 11.7 Å². The van der Waals surface area contributed by atoms with E-state index in [4.69, 9.17) is 0 Å². The Bertz CT molecular complexity index is 627. The normalized spacial score (nSPS) is 17.4. The first-order valence-corrected chi connectivity index (χ1v) is 8.10. The molecule has 110 valence electrons. The molecule has 1 atom stereocenters. The van der Waals surface area contributed by atoms with E-state index in [9.17, 15) is 0 Å². The molecule has 2 aromatic carbocycles. The zero-order valence-corrected chi connectivity index (χ0v) is 13.3. The van der Waals surface area contributed by atoms with Crippen molar-refractivity contribution in [2.24, 2.45) is 5.92 Å². The summed E-state index contributed by atoms with van der Waals surface area (Å²) in [7, 11) is 0. The SMILES string of the molecule is CC(C)Cc1cccc(-c2ccc3c(c2)CCC(C)N3)c1.